The summed E-state index contributed by atoms with van der Waals surface area (Å²) in [6, 6.07) is 17.1. The molecule has 0 radical (unpaired) electrons. The quantitative estimate of drug-likeness (QED) is 0.443. The Hall–Kier alpha value is -1.89. The molecule has 4 rings (SSSR count). The first-order valence-electron chi connectivity index (χ1n) is 7.55. The van der Waals surface area contributed by atoms with Crippen LogP contribution in [0.2, 0.25) is 0 Å². The van der Waals surface area contributed by atoms with Crippen LogP contribution in [-0.2, 0) is 11.1 Å². The van der Waals surface area contributed by atoms with Crippen LogP contribution < -0.4 is 26.1 Å². The zero-order valence-electron chi connectivity index (χ0n) is 13.2. The van der Waals surface area contributed by atoms with Gasteiger partial charge in [-0.3, -0.25) is 0 Å². The summed E-state index contributed by atoms with van der Waals surface area (Å²) in [7, 11) is 2.15. The van der Waals surface area contributed by atoms with Crippen molar-refractivity contribution in [3.63, 3.8) is 0 Å². The molecule has 0 spiro atoms. The molecule has 1 aromatic heterocycles. The first-order chi connectivity index (χ1) is 11.3. The van der Waals surface area contributed by atoms with E-state index in [1.807, 2.05) is 0 Å². The molecule has 0 N–H and O–H groups in total. The minimum absolute atomic E-state index is 0.0991. The van der Waals surface area contributed by atoms with Gasteiger partial charge in [0.05, 0.1) is 0 Å². The van der Waals surface area contributed by atoms with Gasteiger partial charge in [0.15, 0.2) is 0 Å². The van der Waals surface area contributed by atoms with E-state index in [-0.39, 0.29) is 21.2 Å². The molecule has 0 unspecified atom stereocenters. The first kappa shape index (κ1) is 14.7. The summed E-state index contributed by atoms with van der Waals surface area (Å²) in [4.78, 5) is 4.59. The molecule has 0 saturated heterocycles. The molecule has 3 aromatic rings. The van der Waals surface area contributed by atoms with Gasteiger partial charge in [0.25, 0.3) is 0 Å². The standard InChI is InChI=1S/C18H18IN4/c1-19-12-23-18-15-9-5-6-10-16(15)22(2)11-13-7-3-4-8-14(13)17(18)20-21-23/h3-10H,11-12H2,1-2H3/q-1. The average Bonchev–Trinajstić information content (AvgIpc) is 2.97. The monoisotopic (exact) mass is 417 g/mol. The van der Waals surface area contributed by atoms with Crippen LogP contribution in [0.15, 0.2) is 48.5 Å². The fourth-order valence-corrected chi connectivity index (χ4v) is 4.32. The van der Waals surface area contributed by atoms with E-state index in [1.165, 1.54) is 22.4 Å². The zero-order valence-corrected chi connectivity index (χ0v) is 15.4. The van der Waals surface area contributed by atoms with Gasteiger partial charge in [-0.2, -0.15) is 0 Å². The van der Waals surface area contributed by atoms with Crippen molar-refractivity contribution < 1.29 is 21.2 Å². The number of hydrogen-bond donors (Lipinski definition) is 0. The normalized spacial score (nSPS) is 13.0. The number of aromatic nitrogens is 3. The van der Waals surface area contributed by atoms with Crippen molar-refractivity contribution in [1.82, 2.24) is 15.0 Å². The van der Waals surface area contributed by atoms with Gasteiger partial charge < -0.3 is 0 Å². The van der Waals surface area contributed by atoms with Crippen LogP contribution in [0.5, 0.6) is 0 Å². The van der Waals surface area contributed by atoms with E-state index in [4.69, 9.17) is 0 Å². The number of alkyl halides is 2. The summed E-state index contributed by atoms with van der Waals surface area (Å²) in [6.07, 6.45) is 0. The van der Waals surface area contributed by atoms with E-state index in [1.54, 1.807) is 0 Å². The SMILES string of the molecule is C[I-]Cn1nnc2c1-c1ccccc1N(C)Cc1ccccc1-2. The van der Waals surface area contributed by atoms with Crippen molar-refractivity contribution >= 4 is 5.69 Å². The van der Waals surface area contributed by atoms with Crippen LogP contribution in [0, 0.1) is 0 Å². The second-order valence-electron chi connectivity index (χ2n) is 5.70. The van der Waals surface area contributed by atoms with E-state index in [9.17, 15) is 0 Å². The molecule has 118 valence electrons. The van der Waals surface area contributed by atoms with Crippen molar-refractivity contribution in [3.8, 4) is 22.5 Å². The van der Waals surface area contributed by atoms with Crippen LogP contribution in [-0.4, -0.2) is 27.0 Å². The molecule has 0 bridgehead atoms. The Morgan fingerprint density at radius 1 is 1.04 bits per heavy atom. The zero-order chi connectivity index (χ0) is 15.8. The molecular weight excluding hydrogens is 399 g/mol. The van der Waals surface area contributed by atoms with Crippen LogP contribution in [0.25, 0.3) is 22.5 Å². The maximum absolute atomic E-state index is 4.55. The van der Waals surface area contributed by atoms with Gasteiger partial charge >= 0.3 is 146 Å². The number of para-hydroxylation sites is 1. The third-order valence-electron chi connectivity index (χ3n) is 4.22. The molecule has 2 aromatic carbocycles. The summed E-state index contributed by atoms with van der Waals surface area (Å²) in [5.74, 6) is 0. The summed E-state index contributed by atoms with van der Waals surface area (Å²) in [6.45, 7) is 0.875. The Kier molecular flexibility index (Phi) is 3.80. The summed E-state index contributed by atoms with van der Waals surface area (Å²) in [5.41, 5.74) is 7.12. The number of halogens is 1. The van der Waals surface area contributed by atoms with Crippen molar-refractivity contribution in [2.24, 2.45) is 0 Å². The third kappa shape index (κ3) is 2.43. The van der Waals surface area contributed by atoms with Crippen LogP contribution in [0.1, 0.15) is 5.56 Å². The Morgan fingerprint density at radius 3 is 2.61 bits per heavy atom. The van der Waals surface area contributed by atoms with Crippen molar-refractivity contribution in [3.05, 3.63) is 54.1 Å². The number of rotatable bonds is 2. The van der Waals surface area contributed by atoms with Gasteiger partial charge in [0.2, 0.25) is 0 Å². The molecule has 1 aliphatic heterocycles. The molecule has 5 heteroatoms. The Balaban J connectivity index is 2.06. The molecule has 23 heavy (non-hydrogen) atoms. The summed E-state index contributed by atoms with van der Waals surface area (Å²) < 4.78 is 3.08. The predicted molar refractivity (Wildman–Crippen MR) is 88.9 cm³/mol. The van der Waals surface area contributed by atoms with Gasteiger partial charge in [-0.15, -0.1) is 0 Å². The molecule has 0 amide bonds. The second-order valence-corrected chi connectivity index (χ2v) is 7.91. The molecule has 0 saturated carbocycles. The Morgan fingerprint density at radius 2 is 1.78 bits per heavy atom. The summed E-state index contributed by atoms with van der Waals surface area (Å²) in [5, 5.41) is 9.02. The molecular formula is C18H18IN4-. The van der Waals surface area contributed by atoms with E-state index < -0.39 is 0 Å². The molecule has 1 aliphatic rings. The molecule has 0 fully saturated rings. The minimum atomic E-state index is 0.0991. The van der Waals surface area contributed by atoms with Crippen LogP contribution in [0.4, 0.5) is 5.69 Å². The number of anilines is 1. The van der Waals surface area contributed by atoms with E-state index in [2.05, 4.69) is 80.4 Å². The Labute approximate surface area is 146 Å². The van der Waals surface area contributed by atoms with Gasteiger partial charge in [0.1, 0.15) is 0 Å². The van der Waals surface area contributed by atoms with E-state index in [0.29, 0.717) is 0 Å². The number of hydrogen-bond acceptors (Lipinski definition) is 3. The fourth-order valence-electron chi connectivity index (χ4n) is 3.19. The molecule has 0 aliphatic carbocycles. The van der Waals surface area contributed by atoms with Gasteiger partial charge in [-0.05, 0) is 0 Å². The van der Waals surface area contributed by atoms with Crippen LogP contribution >= 0.6 is 0 Å². The van der Waals surface area contributed by atoms with Crippen molar-refractivity contribution in [2.45, 2.75) is 11.1 Å². The van der Waals surface area contributed by atoms with E-state index >= 15 is 0 Å². The average molecular weight is 417 g/mol. The Bertz CT molecular complexity index is 856. The topological polar surface area (TPSA) is 34.0 Å². The number of fused-ring (bicyclic) bond motifs is 5. The molecule has 4 nitrogen and oxygen atoms in total. The van der Waals surface area contributed by atoms with Gasteiger partial charge in [-0.1, -0.05) is 0 Å². The first-order valence-corrected chi connectivity index (χ1v) is 11.2. The maximum atomic E-state index is 4.55. The fraction of sp³-hybridized carbons (Fsp3) is 0.222. The number of benzene rings is 2. The summed E-state index contributed by atoms with van der Waals surface area (Å²) >= 11 is 0.0991. The van der Waals surface area contributed by atoms with E-state index in [0.717, 1.165) is 22.5 Å². The van der Waals surface area contributed by atoms with Gasteiger partial charge in [0, 0.05) is 0 Å². The number of nitrogens with zero attached hydrogens (tertiary/aromatic N) is 4. The van der Waals surface area contributed by atoms with Gasteiger partial charge in [-0.25, -0.2) is 0 Å². The molecule has 0 atom stereocenters. The van der Waals surface area contributed by atoms with Crippen molar-refractivity contribution in [1.29, 1.82) is 0 Å². The molecule has 2 heterocycles. The van der Waals surface area contributed by atoms with Crippen LogP contribution in [0.3, 0.4) is 0 Å². The second kappa shape index (κ2) is 5.96. The predicted octanol–water partition coefficient (Wildman–Crippen LogP) is 0.238. The third-order valence-corrected chi connectivity index (χ3v) is 5.55. The van der Waals surface area contributed by atoms with Crippen molar-refractivity contribution in [2.75, 3.05) is 16.9 Å².